The monoisotopic (exact) mass is 375 g/mol. The van der Waals surface area contributed by atoms with Crippen LogP contribution in [0.1, 0.15) is 28.5 Å². The topological polar surface area (TPSA) is 94.2 Å². The van der Waals surface area contributed by atoms with E-state index in [-0.39, 0.29) is 29.2 Å². The third-order valence-electron chi connectivity index (χ3n) is 3.51. The highest BCUT2D eigenvalue weighted by atomic mass is 32.2. The molecule has 2 aromatic rings. The van der Waals surface area contributed by atoms with Gasteiger partial charge in [-0.3, -0.25) is 4.79 Å². The maximum absolute atomic E-state index is 12.8. The van der Waals surface area contributed by atoms with Crippen LogP contribution in [-0.4, -0.2) is 24.1 Å². The SMILES string of the molecule is CCS(=O)(=O)n1cccc1CNC(=O)c1cc(C(F)(F)F)ccc1N. The molecule has 1 aromatic heterocycles. The molecule has 0 atom stereocenters. The Hall–Kier alpha value is -2.49. The van der Waals surface area contributed by atoms with Crippen molar-refractivity contribution >= 4 is 21.6 Å². The van der Waals surface area contributed by atoms with Gasteiger partial charge in [-0.25, -0.2) is 12.4 Å². The molecule has 1 aromatic carbocycles. The largest absolute Gasteiger partial charge is 0.416 e. The van der Waals surface area contributed by atoms with Crippen molar-refractivity contribution in [2.24, 2.45) is 0 Å². The molecule has 6 nitrogen and oxygen atoms in total. The molecule has 0 aliphatic carbocycles. The van der Waals surface area contributed by atoms with Crippen LogP contribution in [0.25, 0.3) is 0 Å². The van der Waals surface area contributed by atoms with Gasteiger partial charge in [0.2, 0.25) is 10.0 Å². The summed E-state index contributed by atoms with van der Waals surface area (Å²) in [5, 5.41) is 2.39. The second-order valence-corrected chi connectivity index (χ2v) is 7.31. The Balaban J connectivity index is 2.21. The number of aromatic nitrogens is 1. The number of benzene rings is 1. The van der Waals surface area contributed by atoms with E-state index >= 15 is 0 Å². The van der Waals surface area contributed by atoms with Crippen LogP contribution in [0.2, 0.25) is 0 Å². The number of carbonyl (C=O) groups excluding carboxylic acids is 1. The Kier molecular flexibility index (Phi) is 5.12. The molecule has 0 saturated heterocycles. The lowest BCUT2D eigenvalue weighted by atomic mass is 10.1. The predicted molar refractivity (Wildman–Crippen MR) is 86.3 cm³/mol. The number of nitrogens with two attached hydrogens (primary N) is 1. The molecule has 0 radical (unpaired) electrons. The van der Waals surface area contributed by atoms with Gasteiger partial charge < -0.3 is 11.1 Å². The number of hydrogen-bond donors (Lipinski definition) is 2. The van der Waals surface area contributed by atoms with E-state index < -0.39 is 27.7 Å². The van der Waals surface area contributed by atoms with Gasteiger partial charge in [-0.1, -0.05) is 0 Å². The molecule has 2 rings (SSSR count). The van der Waals surface area contributed by atoms with Gasteiger partial charge in [-0.05, 0) is 37.3 Å². The van der Waals surface area contributed by atoms with Crippen molar-refractivity contribution in [2.75, 3.05) is 11.5 Å². The summed E-state index contributed by atoms with van der Waals surface area (Å²) >= 11 is 0. The summed E-state index contributed by atoms with van der Waals surface area (Å²) in [4.78, 5) is 12.2. The van der Waals surface area contributed by atoms with E-state index in [4.69, 9.17) is 5.73 Å². The van der Waals surface area contributed by atoms with Crippen molar-refractivity contribution in [3.63, 3.8) is 0 Å². The van der Waals surface area contributed by atoms with Crippen LogP contribution in [0.5, 0.6) is 0 Å². The molecular weight excluding hydrogens is 359 g/mol. The highest BCUT2D eigenvalue weighted by Gasteiger charge is 2.31. The summed E-state index contributed by atoms with van der Waals surface area (Å²) in [7, 11) is -3.54. The number of rotatable bonds is 5. The second kappa shape index (κ2) is 6.79. The highest BCUT2D eigenvalue weighted by molar-refractivity contribution is 7.89. The van der Waals surface area contributed by atoms with Gasteiger partial charge >= 0.3 is 6.18 Å². The van der Waals surface area contributed by atoms with Crippen LogP contribution in [0.15, 0.2) is 36.5 Å². The maximum atomic E-state index is 12.8. The normalized spacial score (nSPS) is 12.2. The molecular formula is C15H16F3N3O3S. The lowest BCUT2D eigenvalue weighted by Gasteiger charge is -2.13. The summed E-state index contributed by atoms with van der Waals surface area (Å²) < 4.78 is 63.1. The number of alkyl halides is 3. The van der Waals surface area contributed by atoms with Gasteiger partial charge in [0.1, 0.15) is 0 Å². The van der Waals surface area contributed by atoms with Crippen LogP contribution in [0, 0.1) is 0 Å². The zero-order valence-electron chi connectivity index (χ0n) is 13.2. The maximum Gasteiger partial charge on any atom is 0.416 e. The Labute approximate surface area is 142 Å². The fourth-order valence-electron chi connectivity index (χ4n) is 2.14. The Bertz CT molecular complexity index is 889. The van der Waals surface area contributed by atoms with E-state index in [1.807, 2.05) is 0 Å². The van der Waals surface area contributed by atoms with Gasteiger partial charge in [-0.2, -0.15) is 13.2 Å². The molecule has 0 fully saturated rings. The number of nitrogens with zero attached hydrogens (tertiary/aromatic N) is 1. The Morgan fingerprint density at radius 3 is 2.56 bits per heavy atom. The molecule has 25 heavy (non-hydrogen) atoms. The highest BCUT2D eigenvalue weighted by Crippen LogP contribution is 2.31. The van der Waals surface area contributed by atoms with E-state index in [0.29, 0.717) is 6.07 Å². The molecule has 0 spiro atoms. The molecule has 0 unspecified atom stereocenters. The van der Waals surface area contributed by atoms with Gasteiger partial charge in [0, 0.05) is 11.9 Å². The quantitative estimate of drug-likeness (QED) is 0.784. The molecule has 0 aliphatic heterocycles. The molecule has 0 aliphatic rings. The Morgan fingerprint density at radius 1 is 1.28 bits per heavy atom. The summed E-state index contributed by atoms with van der Waals surface area (Å²) in [5.41, 5.74) is 4.42. The van der Waals surface area contributed by atoms with E-state index in [2.05, 4.69) is 5.32 Å². The smallest absolute Gasteiger partial charge is 0.398 e. The minimum atomic E-state index is -4.60. The first-order chi connectivity index (χ1) is 11.6. The molecule has 1 heterocycles. The number of hydrogen-bond acceptors (Lipinski definition) is 4. The molecule has 0 saturated carbocycles. The summed E-state index contributed by atoms with van der Waals surface area (Å²) in [6.45, 7) is 1.29. The molecule has 3 N–H and O–H groups in total. The summed E-state index contributed by atoms with van der Waals surface area (Å²) in [6, 6.07) is 5.43. The Morgan fingerprint density at radius 2 is 1.96 bits per heavy atom. The predicted octanol–water partition coefficient (Wildman–Crippen LogP) is 2.22. The third-order valence-corrected chi connectivity index (χ3v) is 5.20. The van der Waals surface area contributed by atoms with Crippen molar-refractivity contribution in [3.05, 3.63) is 53.3 Å². The second-order valence-electron chi connectivity index (χ2n) is 5.18. The summed E-state index contributed by atoms with van der Waals surface area (Å²) in [5.74, 6) is -0.964. The number of carbonyl (C=O) groups is 1. The minimum Gasteiger partial charge on any atom is -0.398 e. The average molecular weight is 375 g/mol. The van der Waals surface area contributed by atoms with Crippen LogP contribution < -0.4 is 11.1 Å². The standard InChI is InChI=1S/C15H16F3N3O3S/c1-2-25(23,24)21-7-3-4-11(21)9-20-14(22)12-8-10(15(16,17)18)5-6-13(12)19/h3-8H,2,9,19H2,1H3,(H,20,22). The van der Waals surface area contributed by atoms with E-state index in [9.17, 15) is 26.4 Å². The summed E-state index contributed by atoms with van der Waals surface area (Å²) in [6.07, 6.45) is -3.27. The fourth-order valence-corrected chi connectivity index (χ4v) is 3.16. The van der Waals surface area contributed by atoms with Crippen molar-refractivity contribution in [1.82, 2.24) is 9.29 Å². The number of nitrogens with one attached hydrogen (secondary N) is 1. The van der Waals surface area contributed by atoms with E-state index in [1.165, 1.54) is 25.3 Å². The number of nitrogen functional groups attached to an aromatic ring is 1. The van der Waals surface area contributed by atoms with Gasteiger partial charge in [0.15, 0.2) is 0 Å². The van der Waals surface area contributed by atoms with E-state index in [1.54, 1.807) is 0 Å². The fraction of sp³-hybridized carbons (Fsp3) is 0.267. The first-order valence-electron chi connectivity index (χ1n) is 7.20. The lowest BCUT2D eigenvalue weighted by molar-refractivity contribution is -0.137. The van der Waals surface area contributed by atoms with E-state index in [0.717, 1.165) is 16.1 Å². The van der Waals surface area contributed by atoms with Crippen LogP contribution in [0.3, 0.4) is 0 Å². The molecule has 136 valence electrons. The van der Waals surface area contributed by atoms with Crippen molar-refractivity contribution in [1.29, 1.82) is 0 Å². The first kappa shape index (κ1) is 18.8. The zero-order valence-corrected chi connectivity index (χ0v) is 14.0. The van der Waals surface area contributed by atoms with Gasteiger partial charge in [0.25, 0.3) is 5.91 Å². The number of amides is 1. The van der Waals surface area contributed by atoms with Crippen molar-refractivity contribution < 1.29 is 26.4 Å². The molecule has 10 heteroatoms. The third kappa shape index (κ3) is 4.13. The van der Waals surface area contributed by atoms with Crippen molar-refractivity contribution in [2.45, 2.75) is 19.6 Å². The van der Waals surface area contributed by atoms with Gasteiger partial charge in [-0.15, -0.1) is 0 Å². The zero-order chi connectivity index (χ0) is 18.8. The first-order valence-corrected chi connectivity index (χ1v) is 8.81. The number of anilines is 1. The van der Waals surface area contributed by atoms with Crippen LogP contribution >= 0.6 is 0 Å². The minimum absolute atomic E-state index is 0.109. The average Bonchev–Trinajstić information content (AvgIpc) is 3.01. The molecule has 1 amide bonds. The molecule has 0 bridgehead atoms. The van der Waals surface area contributed by atoms with Gasteiger partial charge in [0.05, 0.1) is 29.1 Å². The van der Waals surface area contributed by atoms with Crippen molar-refractivity contribution in [3.8, 4) is 0 Å². The number of halogens is 3. The van der Waals surface area contributed by atoms with Crippen LogP contribution in [-0.2, 0) is 22.7 Å². The van der Waals surface area contributed by atoms with Crippen LogP contribution in [0.4, 0.5) is 18.9 Å². The lowest BCUT2D eigenvalue weighted by Crippen LogP contribution is -2.27.